The number of hydrogen-bond donors (Lipinski definition) is 3. The summed E-state index contributed by atoms with van der Waals surface area (Å²) >= 11 is 0. The van der Waals surface area contributed by atoms with E-state index in [9.17, 15) is 14.4 Å². The molecular weight excluding hydrogens is 356 g/mol. The summed E-state index contributed by atoms with van der Waals surface area (Å²) < 4.78 is 0. The van der Waals surface area contributed by atoms with Crippen molar-refractivity contribution >= 4 is 40.5 Å². The molecule has 3 rings (SSSR count). The Labute approximate surface area is 164 Å². The number of carbonyl (C=O) groups is 3. The standard InChI is InChI=1S/C21H24N4O3/c1-14(21(28)24-18-7-5-17(6-8-18)23-15(2)26)22-16-9-11-19(12-10-16)25-13-3-4-20(25)27/h5-12,14,22H,3-4,13H2,1-2H3,(H,23,26)(H,24,28)/t14-/m1/s1. The van der Waals surface area contributed by atoms with E-state index in [0.29, 0.717) is 17.8 Å². The van der Waals surface area contributed by atoms with Gasteiger partial charge in [0.1, 0.15) is 6.04 Å². The molecule has 0 radical (unpaired) electrons. The first kappa shape index (κ1) is 19.4. The van der Waals surface area contributed by atoms with Gasteiger partial charge in [-0.15, -0.1) is 0 Å². The van der Waals surface area contributed by atoms with Crippen LogP contribution < -0.4 is 20.9 Å². The van der Waals surface area contributed by atoms with Crippen molar-refractivity contribution in [3.8, 4) is 0 Å². The molecule has 146 valence electrons. The fourth-order valence-electron chi connectivity index (χ4n) is 3.06. The highest BCUT2D eigenvalue weighted by atomic mass is 16.2. The molecule has 0 aromatic heterocycles. The second-order valence-corrected chi connectivity index (χ2v) is 6.81. The summed E-state index contributed by atoms with van der Waals surface area (Å²) in [4.78, 5) is 37.0. The highest BCUT2D eigenvalue weighted by molar-refractivity contribution is 5.97. The van der Waals surface area contributed by atoms with Gasteiger partial charge in [-0.2, -0.15) is 0 Å². The zero-order valence-corrected chi connectivity index (χ0v) is 16.0. The Hall–Kier alpha value is -3.35. The number of rotatable bonds is 6. The van der Waals surface area contributed by atoms with Gasteiger partial charge in [-0.05, 0) is 61.9 Å². The van der Waals surface area contributed by atoms with E-state index in [1.54, 1.807) is 36.1 Å². The van der Waals surface area contributed by atoms with Gasteiger partial charge in [0.2, 0.25) is 17.7 Å². The Kier molecular flexibility index (Phi) is 5.93. The van der Waals surface area contributed by atoms with Gasteiger partial charge >= 0.3 is 0 Å². The molecule has 7 heteroatoms. The Balaban J connectivity index is 1.55. The summed E-state index contributed by atoms with van der Waals surface area (Å²) in [6.07, 6.45) is 1.49. The van der Waals surface area contributed by atoms with Crippen LogP contribution in [0.25, 0.3) is 0 Å². The van der Waals surface area contributed by atoms with Crippen molar-refractivity contribution in [1.82, 2.24) is 0 Å². The number of amides is 3. The maximum absolute atomic E-state index is 12.4. The molecule has 28 heavy (non-hydrogen) atoms. The van der Waals surface area contributed by atoms with Crippen LogP contribution >= 0.6 is 0 Å². The molecule has 0 unspecified atom stereocenters. The lowest BCUT2D eigenvalue weighted by Gasteiger charge is -2.18. The largest absolute Gasteiger partial charge is 0.374 e. The average molecular weight is 380 g/mol. The van der Waals surface area contributed by atoms with Crippen molar-refractivity contribution in [3.63, 3.8) is 0 Å². The second kappa shape index (κ2) is 8.56. The van der Waals surface area contributed by atoms with Crippen LogP contribution in [-0.4, -0.2) is 30.3 Å². The first-order chi connectivity index (χ1) is 13.4. The number of benzene rings is 2. The monoisotopic (exact) mass is 380 g/mol. The maximum Gasteiger partial charge on any atom is 0.246 e. The Morgan fingerprint density at radius 3 is 2.04 bits per heavy atom. The van der Waals surface area contributed by atoms with E-state index in [0.717, 1.165) is 24.3 Å². The van der Waals surface area contributed by atoms with Crippen LogP contribution in [0, 0.1) is 0 Å². The fourth-order valence-corrected chi connectivity index (χ4v) is 3.06. The molecular formula is C21H24N4O3. The summed E-state index contributed by atoms with van der Waals surface area (Å²) in [7, 11) is 0. The quantitative estimate of drug-likeness (QED) is 0.718. The van der Waals surface area contributed by atoms with Gasteiger partial charge in [0.15, 0.2) is 0 Å². The van der Waals surface area contributed by atoms with Gasteiger partial charge in [-0.1, -0.05) is 0 Å². The van der Waals surface area contributed by atoms with Crippen LogP contribution in [0.2, 0.25) is 0 Å². The SMILES string of the molecule is CC(=O)Nc1ccc(NC(=O)[C@@H](C)Nc2ccc(N3CCCC3=O)cc2)cc1. The van der Waals surface area contributed by atoms with Crippen LogP contribution in [0.4, 0.5) is 22.7 Å². The van der Waals surface area contributed by atoms with Gasteiger partial charge in [0.25, 0.3) is 0 Å². The summed E-state index contributed by atoms with van der Waals surface area (Å²) in [5.74, 6) is -0.168. The Morgan fingerprint density at radius 1 is 0.929 bits per heavy atom. The molecule has 1 heterocycles. The molecule has 0 spiro atoms. The van der Waals surface area contributed by atoms with Gasteiger partial charge in [0, 0.05) is 42.6 Å². The van der Waals surface area contributed by atoms with E-state index >= 15 is 0 Å². The molecule has 3 amide bonds. The van der Waals surface area contributed by atoms with Crippen LogP contribution in [0.1, 0.15) is 26.7 Å². The number of nitrogens with zero attached hydrogens (tertiary/aromatic N) is 1. The van der Waals surface area contributed by atoms with Crippen LogP contribution in [0.5, 0.6) is 0 Å². The molecule has 7 nitrogen and oxygen atoms in total. The van der Waals surface area contributed by atoms with E-state index in [1.165, 1.54) is 6.92 Å². The molecule has 2 aromatic rings. The van der Waals surface area contributed by atoms with Gasteiger partial charge < -0.3 is 20.9 Å². The van der Waals surface area contributed by atoms with Crippen molar-refractivity contribution in [3.05, 3.63) is 48.5 Å². The molecule has 0 aliphatic carbocycles. The zero-order valence-electron chi connectivity index (χ0n) is 16.0. The minimum Gasteiger partial charge on any atom is -0.374 e. The molecule has 3 N–H and O–H groups in total. The van der Waals surface area contributed by atoms with Crippen molar-refractivity contribution in [1.29, 1.82) is 0 Å². The van der Waals surface area contributed by atoms with Crippen LogP contribution in [-0.2, 0) is 14.4 Å². The van der Waals surface area contributed by atoms with Crippen molar-refractivity contribution in [2.75, 3.05) is 27.4 Å². The van der Waals surface area contributed by atoms with Gasteiger partial charge in [0.05, 0.1) is 0 Å². The molecule has 1 fully saturated rings. The smallest absolute Gasteiger partial charge is 0.246 e. The summed E-state index contributed by atoms with van der Waals surface area (Å²) in [6.45, 7) is 3.97. The maximum atomic E-state index is 12.4. The van der Waals surface area contributed by atoms with Crippen LogP contribution in [0.3, 0.4) is 0 Å². The van der Waals surface area contributed by atoms with Crippen molar-refractivity contribution in [2.24, 2.45) is 0 Å². The fraction of sp³-hybridized carbons (Fsp3) is 0.286. The Morgan fingerprint density at radius 2 is 1.50 bits per heavy atom. The topological polar surface area (TPSA) is 90.5 Å². The van der Waals surface area contributed by atoms with Gasteiger partial charge in [-0.3, -0.25) is 14.4 Å². The molecule has 1 aliphatic rings. The van der Waals surface area contributed by atoms with Gasteiger partial charge in [-0.25, -0.2) is 0 Å². The normalized spacial score (nSPS) is 14.5. The molecule has 0 saturated carbocycles. The lowest BCUT2D eigenvalue weighted by molar-refractivity contribution is -0.117. The first-order valence-corrected chi connectivity index (χ1v) is 9.28. The minimum atomic E-state index is -0.450. The van der Waals surface area contributed by atoms with Crippen molar-refractivity contribution in [2.45, 2.75) is 32.7 Å². The second-order valence-electron chi connectivity index (χ2n) is 6.81. The molecule has 1 atom stereocenters. The third-order valence-electron chi connectivity index (χ3n) is 4.50. The van der Waals surface area contributed by atoms with E-state index in [1.807, 2.05) is 24.3 Å². The molecule has 2 aromatic carbocycles. The molecule has 0 bridgehead atoms. The van der Waals surface area contributed by atoms with E-state index in [2.05, 4.69) is 16.0 Å². The van der Waals surface area contributed by atoms with Crippen LogP contribution in [0.15, 0.2) is 48.5 Å². The predicted octanol–water partition coefficient (Wildman–Crippen LogP) is 3.21. The first-order valence-electron chi connectivity index (χ1n) is 9.28. The third kappa shape index (κ3) is 4.88. The molecule has 1 aliphatic heterocycles. The van der Waals surface area contributed by atoms with E-state index < -0.39 is 6.04 Å². The summed E-state index contributed by atoms with van der Waals surface area (Å²) in [6, 6.07) is 14.0. The van der Waals surface area contributed by atoms with E-state index in [4.69, 9.17) is 0 Å². The number of nitrogens with one attached hydrogen (secondary N) is 3. The highest BCUT2D eigenvalue weighted by Crippen LogP contribution is 2.23. The number of hydrogen-bond acceptors (Lipinski definition) is 4. The lowest BCUT2D eigenvalue weighted by Crippen LogP contribution is -2.31. The lowest BCUT2D eigenvalue weighted by atomic mass is 10.2. The summed E-state index contributed by atoms with van der Waals surface area (Å²) in [5, 5.41) is 8.67. The summed E-state index contributed by atoms with van der Waals surface area (Å²) in [5.41, 5.74) is 3.01. The third-order valence-corrected chi connectivity index (χ3v) is 4.50. The molecule has 1 saturated heterocycles. The average Bonchev–Trinajstić information content (AvgIpc) is 3.09. The zero-order chi connectivity index (χ0) is 20.1. The minimum absolute atomic E-state index is 0.144. The number of carbonyl (C=O) groups excluding carboxylic acids is 3. The predicted molar refractivity (Wildman–Crippen MR) is 110 cm³/mol. The Bertz CT molecular complexity index is 862. The highest BCUT2D eigenvalue weighted by Gasteiger charge is 2.21. The van der Waals surface area contributed by atoms with E-state index in [-0.39, 0.29) is 17.7 Å². The number of anilines is 4. The van der Waals surface area contributed by atoms with Crippen molar-refractivity contribution < 1.29 is 14.4 Å².